The first-order valence-corrected chi connectivity index (χ1v) is 4.75. The van der Waals surface area contributed by atoms with E-state index in [1.807, 2.05) is 0 Å². The Bertz CT molecular complexity index is 350. The summed E-state index contributed by atoms with van der Waals surface area (Å²) < 4.78 is 9.70. The number of aromatic hydroxyl groups is 1. The molecule has 88 valence electrons. The monoisotopic (exact) mass is 225 g/mol. The van der Waals surface area contributed by atoms with Crippen molar-refractivity contribution in [1.29, 1.82) is 0 Å². The lowest BCUT2D eigenvalue weighted by Gasteiger charge is -2.20. The van der Waals surface area contributed by atoms with Gasteiger partial charge in [-0.15, -0.1) is 0 Å². The number of rotatable bonds is 4. The number of nitrogens with two attached hydrogens (primary N) is 1. The predicted octanol–water partition coefficient (Wildman–Crippen LogP) is 0.580. The molecule has 0 aliphatic carbocycles. The van der Waals surface area contributed by atoms with Gasteiger partial charge in [0.1, 0.15) is 17.9 Å². The Morgan fingerprint density at radius 3 is 2.31 bits per heavy atom. The molecule has 0 spiro atoms. The largest absolute Gasteiger partial charge is 0.508 e. The van der Waals surface area contributed by atoms with Crippen molar-refractivity contribution < 1.29 is 19.4 Å². The van der Waals surface area contributed by atoms with Crippen molar-refractivity contribution in [2.45, 2.75) is 12.1 Å². The minimum atomic E-state index is -0.889. The maximum atomic E-state index is 11.3. The van der Waals surface area contributed by atoms with Crippen molar-refractivity contribution >= 4 is 5.97 Å². The van der Waals surface area contributed by atoms with Crippen LogP contribution in [0.1, 0.15) is 11.7 Å². The topological polar surface area (TPSA) is 81.8 Å². The second-order valence-electron chi connectivity index (χ2n) is 3.30. The zero-order valence-corrected chi connectivity index (χ0v) is 9.21. The third-order valence-corrected chi connectivity index (χ3v) is 2.28. The van der Waals surface area contributed by atoms with E-state index in [1.54, 1.807) is 12.1 Å². The highest BCUT2D eigenvalue weighted by Gasteiger charge is 2.26. The summed E-state index contributed by atoms with van der Waals surface area (Å²) in [5.41, 5.74) is 6.40. The van der Waals surface area contributed by atoms with E-state index in [2.05, 4.69) is 4.74 Å². The van der Waals surface area contributed by atoms with E-state index in [0.29, 0.717) is 5.56 Å². The number of phenolic OH excluding ortho intramolecular Hbond substituents is 1. The molecule has 0 unspecified atom stereocenters. The number of ether oxygens (including phenoxy) is 2. The Kier molecular flexibility index (Phi) is 4.28. The molecular weight excluding hydrogens is 210 g/mol. The summed E-state index contributed by atoms with van der Waals surface area (Å²) in [6.07, 6.45) is -0.590. The molecule has 0 heterocycles. The van der Waals surface area contributed by atoms with Crippen molar-refractivity contribution in [3.8, 4) is 5.75 Å². The molecule has 0 saturated heterocycles. The van der Waals surface area contributed by atoms with Crippen LogP contribution in [0.3, 0.4) is 0 Å². The number of hydrogen-bond acceptors (Lipinski definition) is 5. The highest BCUT2D eigenvalue weighted by molar-refractivity contribution is 5.76. The lowest BCUT2D eigenvalue weighted by molar-refractivity contribution is -0.145. The molecule has 0 saturated carbocycles. The molecule has 2 atom stereocenters. The lowest BCUT2D eigenvalue weighted by Crippen LogP contribution is -2.38. The van der Waals surface area contributed by atoms with E-state index in [1.165, 1.54) is 26.4 Å². The SMILES string of the molecule is COC(=O)[C@H](N)[C@H](OC)c1ccc(O)cc1. The van der Waals surface area contributed by atoms with Crippen molar-refractivity contribution in [1.82, 2.24) is 0 Å². The average molecular weight is 225 g/mol. The van der Waals surface area contributed by atoms with Crippen LogP contribution in [0.5, 0.6) is 5.75 Å². The number of benzene rings is 1. The summed E-state index contributed by atoms with van der Waals surface area (Å²) in [4.78, 5) is 11.3. The van der Waals surface area contributed by atoms with Gasteiger partial charge in [0.05, 0.1) is 7.11 Å². The van der Waals surface area contributed by atoms with Crippen LogP contribution in [-0.4, -0.2) is 31.3 Å². The van der Waals surface area contributed by atoms with Crippen LogP contribution in [0.15, 0.2) is 24.3 Å². The summed E-state index contributed by atoms with van der Waals surface area (Å²) in [5, 5.41) is 9.14. The molecule has 0 amide bonds. The van der Waals surface area contributed by atoms with Gasteiger partial charge in [-0.3, -0.25) is 4.79 Å². The Morgan fingerprint density at radius 2 is 1.88 bits per heavy atom. The first kappa shape index (κ1) is 12.5. The van der Waals surface area contributed by atoms with Crippen LogP contribution in [0.2, 0.25) is 0 Å². The molecule has 1 aromatic carbocycles. The van der Waals surface area contributed by atoms with Gasteiger partial charge in [-0.2, -0.15) is 0 Å². The van der Waals surface area contributed by atoms with E-state index in [-0.39, 0.29) is 5.75 Å². The van der Waals surface area contributed by atoms with Crippen LogP contribution in [-0.2, 0) is 14.3 Å². The van der Waals surface area contributed by atoms with Crippen LogP contribution >= 0.6 is 0 Å². The molecule has 0 aliphatic heterocycles. The Balaban J connectivity index is 2.89. The third kappa shape index (κ3) is 2.71. The van der Waals surface area contributed by atoms with Crippen molar-refractivity contribution in [3.63, 3.8) is 0 Å². The van der Waals surface area contributed by atoms with Gasteiger partial charge in [0.15, 0.2) is 0 Å². The molecule has 0 fully saturated rings. The second kappa shape index (κ2) is 5.48. The highest BCUT2D eigenvalue weighted by Crippen LogP contribution is 2.22. The second-order valence-corrected chi connectivity index (χ2v) is 3.30. The lowest BCUT2D eigenvalue weighted by atomic mass is 10.0. The first-order chi connectivity index (χ1) is 7.60. The van der Waals surface area contributed by atoms with Crippen molar-refractivity contribution in [2.75, 3.05) is 14.2 Å². The zero-order chi connectivity index (χ0) is 12.1. The van der Waals surface area contributed by atoms with Gasteiger partial charge in [-0.25, -0.2) is 0 Å². The zero-order valence-electron chi connectivity index (χ0n) is 9.21. The summed E-state index contributed by atoms with van der Waals surface area (Å²) >= 11 is 0. The Labute approximate surface area is 93.8 Å². The van der Waals surface area contributed by atoms with Crippen molar-refractivity contribution in [2.24, 2.45) is 5.73 Å². The third-order valence-electron chi connectivity index (χ3n) is 2.28. The van der Waals surface area contributed by atoms with Gasteiger partial charge >= 0.3 is 5.97 Å². The molecule has 5 nitrogen and oxygen atoms in total. The quantitative estimate of drug-likeness (QED) is 0.732. The van der Waals surface area contributed by atoms with Gasteiger partial charge in [-0.1, -0.05) is 12.1 Å². The van der Waals surface area contributed by atoms with Crippen LogP contribution in [0, 0.1) is 0 Å². The van der Waals surface area contributed by atoms with E-state index < -0.39 is 18.1 Å². The summed E-state index contributed by atoms with van der Waals surface area (Å²) in [6, 6.07) is 5.41. The molecule has 0 aliphatic rings. The molecular formula is C11H15NO4. The van der Waals surface area contributed by atoms with Crippen molar-refractivity contribution in [3.05, 3.63) is 29.8 Å². The molecule has 0 aromatic heterocycles. The number of hydrogen-bond donors (Lipinski definition) is 2. The Morgan fingerprint density at radius 1 is 1.31 bits per heavy atom. The van der Waals surface area contributed by atoms with Gasteiger partial charge in [0.2, 0.25) is 0 Å². The number of esters is 1. The van der Waals surface area contributed by atoms with Gasteiger partial charge < -0.3 is 20.3 Å². The smallest absolute Gasteiger partial charge is 0.325 e. The number of carbonyl (C=O) groups excluding carboxylic acids is 1. The summed E-state index contributed by atoms with van der Waals surface area (Å²) in [5.74, 6) is -0.398. The molecule has 16 heavy (non-hydrogen) atoms. The molecule has 0 radical (unpaired) electrons. The normalized spacial score (nSPS) is 14.2. The number of phenols is 1. The van der Waals surface area contributed by atoms with E-state index in [4.69, 9.17) is 15.6 Å². The number of carbonyl (C=O) groups is 1. The molecule has 3 N–H and O–H groups in total. The predicted molar refractivity (Wildman–Crippen MR) is 57.8 cm³/mol. The standard InChI is InChI=1S/C11H15NO4/c1-15-10(9(12)11(14)16-2)7-3-5-8(13)6-4-7/h3-6,9-10,13H,12H2,1-2H3/t9-,10-/m1/s1. The van der Waals surface area contributed by atoms with Gasteiger partial charge in [-0.05, 0) is 17.7 Å². The van der Waals surface area contributed by atoms with Crippen LogP contribution in [0.4, 0.5) is 0 Å². The fourth-order valence-corrected chi connectivity index (χ4v) is 1.41. The summed E-state index contributed by atoms with van der Waals surface area (Å²) in [6.45, 7) is 0. The Hall–Kier alpha value is -1.59. The molecule has 0 bridgehead atoms. The first-order valence-electron chi connectivity index (χ1n) is 4.75. The average Bonchev–Trinajstić information content (AvgIpc) is 2.31. The minimum Gasteiger partial charge on any atom is -0.508 e. The van der Waals surface area contributed by atoms with E-state index in [9.17, 15) is 4.79 Å². The molecule has 1 aromatic rings. The molecule has 1 rings (SSSR count). The van der Waals surface area contributed by atoms with Gasteiger partial charge in [0, 0.05) is 7.11 Å². The maximum absolute atomic E-state index is 11.3. The molecule has 5 heteroatoms. The van der Waals surface area contributed by atoms with Gasteiger partial charge in [0.25, 0.3) is 0 Å². The maximum Gasteiger partial charge on any atom is 0.325 e. The number of methoxy groups -OCH3 is 2. The van der Waals surface area contributed by atoms with Crippen LogP contribution in [0.25, 0.3) is 0 Å². The van der Waals surface area contributed by atoms with E-state index in [0.717, 1.165) is 0 Å². The van der Waals surface area contributed by atoms with Crippen LogP contribution < -0.4 is 5.73 Å². The summed E-state index contributed by atoms with van der Waals surface area (Å²) in [7, 11) is 2.73. The fraction of sp³-hybridized carbons (Fsp3) is 0.364. The highest BCUT2D eigenvalue weighted by atomic mass is 16.5. The fourth-order valence-electron chi connectivity index (χ4n) is 1.41. The minimum absolute atomic E-state index is 0.144. The van der Waals surface area contributed by atoms with E-state index >= 15 is 0 Å².